The summed E-state index contributed by atoms with van der Waals surface area (Å²) in [5.41, 5.74) is 3.94. The Bertz CT molecular complexity index is 1150. The number of carbonyl (C=O) groups is 1. The lowest BCUT2D eigenvalue weighted by Crippen LogP contribution is -2.46. The van der Waals surface area contributed by atoms with E-state index >= 15 is 0 Å². The number of hydrogen-bond acceptors (Lipinski definition) is 5. The lowest BCUT2D eigenvalue weighted by atomic mass is 9.77. The molecule has 3 aromatic rings. The molecular weight excluding hydrogens is 428 g/mol. The molecule has 0 aliphatic carbocycles. The molecule has 0 spiro atoms. The highest BCUT2D eigenvalue weighted by atomic mass is 32.1. The molecule has 2 aliphatic heterocycles. The third kappa shape index (κ3) is 4.51. The maximum atomic E-state index is 12.1. The zero-order valence-corrected chi connectivity index (χ0v) is 20.8. The van der Waals surface area contributed by atoms with Gasteiger partial charge in [-0.15, -0.1) is 0 Å². The van der Waals surface area contributed by atoms with Crippen LogP contribution in [-0.2, 0) is 16.6 Å². The van der Waals surface area contributed by atoms with Crippen molar-refractivity contribution in [3.05, 3.63) is 53.6 Å². The molecule has 5 rings (SSSR count). The highest BCUT2D eigenvalue weighted by Crippen LogP contribution is 2.40. The van der Waals surface area contributed by atoms with E-state index in [1.165, 1.54) is 21.2 Å². The first-order valence-corrected chi connectivity index (χ1v) is 12.9. The third-order valence-corrected chi connectivity index (χ3v) is 8.21. The molecule has 1 fully saturated rings. The number of nitrogens with zero attached hydrogens (tertiary/aromatic N) is 4. The van der Waals surface area contributed by atoms with Crippen LogP contribution in [-0.4, -0.2) is 54.4 Å². The monoisotopic (exact) mass is 462 g/mol. The van der Waals surface area contributed by atoms with Crippen molar-refractivity contribution in [2.75, 3.05) is 49.1 Å². The second-order valence-electron chi connectivity index (χ2n) is 10.1. The highest BCUT2D eigenvalue weighted by molar-refractivity contribution is 7.13. The zero-order chi connectivity index (χ0) is 23.0. The minimum Gasteiger partial charge on any atom is -0.353 e. The normalized spacial score (nSPS) is 18.5. The van der Waals surface area contributed by atoms with Gasteiger partial charge in [0.25, 0.3) is 0 Å². The van der Waals surface area contributed by atoms with Crippen LogP contribution in [0.4, 0.5) is 11.5 Å². The van der Waals surface area contributed by atoms with E-state index in [1.54, 1.807) is 18.5 Å². The van der Waals surface area contributed by atoms with Crippen molar-refractivity contribution in [1.29, 1.82) is 0 Å². The van der Waals surface area contributed by atoms with Crippen molar-refractivity contribution in [3.8, 4) is 0 Å². The Kier molecular flexibility index (Phi) is 6.14. The Hall–Kier alpha value is -2.44. The van der Waals surface area contributed by atoms with Gasteiger partial charge in [-0.1, -0.05) is 38.1 Å². The van der Waals surface area contributed by atoms with Crippen LogP contribution in [0, 0.1) is 0 Å². The number of benzene rings is 2. The predicted octanol–water partition coefficient (Wildman–Crippen LogP) is 5.09. The van der Waals surface area contributed by atoms with Gasteiger partial charge in [0, 0.05) is 50.7 Å². The summed E-state index contributed by atoms with van der Waals surface area (Å²) in [4.78, 5) is 19.1. The second-order valence-corrected chi connectivity index (χ2v) is 10.9. The number of amides is 1. The highest BCUT2D eigenvalue weighted by Gasteiger charge is 2.32. The van der Waals surface area contributed by atoms with E-state index in [9.17, 15) is 4.79 Å². The van der Waals surface area contributed by atoms with Gasteiger partial charge in [-0.2, -0.15) is 4.37 Å². The summed E-state index contributed by atoms with van der Waals surface area (Å²) in [6.07, 6.45) is 3.26. The van der Waals surface area contributed by atoms with E-state index in [4.69, 9.17) is 4.37 Å². The van der Waals surface area contributed by atoms with Crippen molar-refractivity contribution in [2.24, 2.45) is 0 Å². The average Bonchev–Trinajstić information content (AvgIpc) is 3.24. The lowest BCUT2D eigenvalue weighted by molar-refractivity contribution is -0.116. The van der Waals surface area contributed by atoms with Gasteiger partial charge in [0.05, 0.1) is 4.70 Å². The van der Waals surface area contributed by atoms with Gasteiger partial charge in [-0.3, -0.25) is 9.69 Å². The van der Waals surface area contributed by atoms with Crippen LogP contribution >= 0.6 is 11.5 Å². The van der Waals surface area contributed by atoms with Crippen LogP contribution in [0.5, 0.6) is 0 Å². The number of fused-ring (bicyclic) bond motifs is 2. The maximum Gasteiger partial charge on any atom is 0.223 e. The molecule has 0 radical (unpaired) electrons. The first-order chi connectivity index (χ1) is 15.9. The Morgan fingerprint density at radius 1 is 1.06 bits per heavy atom. The summed E-state index contributed by atoms with van der Waals surface area (Å²) in [5, 5.41) is 1.29. The van der Waals surface area contributed by atoms with Gasteiger partial charge in [0.2, 0.25) is 5.91 Å². The lowest BCUT2D eigenvalue weighted by Gasteiger charge is -2.39. The van der Waals surface area contributed by atoms with Gasteiger partial charge < -0.3 is 9.80 Å². The quantitative estimate of drug-likeness (QED) is 0.530. The Labute approximate surface area is 201 Å². The third-order valence-electron chi connectivity index (χ3n) is 7.39. The summed E-state index contributed by atoms with van der Waals surface area (Å²) in [6, 6.07) is 15.3. The molecule has 174 valence electrons. The summed E-state index contributed by atoms with van der Waals surface area (Å²) < 4.78 is 6.01. The van der Waals surface area contributed by atoms with Crippen LogP contribution in [0.15, 0.2) is 42.5 Å². The van der Waals surface area contributed by atoms with Crippen molar-refractivity contribution in [1.82, 2.24) is 9.27 Å². The molecule has 0 unspecified atom stereocenters. The molecule has 3 heterocycles. The first-order valence-electron chi connectivity index (χ1n) is 12.2. The van der Waals surface area contributed by atoms with E-state index < -0.39 is 0 Å². The fraction of sp³-hybridized carbons (Fsp3) is 0.481. The maximum absolute atomic E-state index is 12.1. The van der Waals surface area contributed by atoms with Crippen LogP contribution in [0.25, 0.3) is 10.1 Å². The zero-order valence-electron chi connectivity index (χ0n) is 20.0. The van der Waals surface area contributed by atoms with Crippen LogP contribution < -0.4 is 9.80 Å². The number of anilines is 2. The van der Waals surface area contributed by atoms with Crippen molar-refractivity contribution in [2.45, 2.75) is 45.4 Å². The van der Waals surface area contributed by atoms with Gasteiger partial charge in [-0.05, 0) is 72.1 Å². The Morgan fingerprint density at radius 3 is 2.64 bits per heavy atom. The molecule has 2 aliphatic rings. The molecule has 6 heteroatoms. The average molecular weight is 463 g/mol. The van der Waals surface area contributed by atoms with Crippen molar-refractivity contribution < 1.29 is 4.79 Å². The number of piperazine rings is 1. The van der Waals surface area contributed by atoms with Crippen LogP contribution in [0.1, 0.15) is 44.7 Å². The molecule has 1 aromatic heterocycles. The molecule has 0 atom stereocenters. The second kappa shape index (κ2) is 9.07. The Balaban J connectivity index is 1.16. The van der Waals surface area contributed by atoms with Gasteiger partial charge in [-0.25, -0.2) is 0 Å². The largest absolute Gasteiger partial charge is 0.353 e. The van der Waals surface area contributed by atoms with Gasteiger partial charge in [0.15, 0.2) is 0 Å². The smallest absolute Gasteiger partial charge is 0.223 e. The first kappa shape index (κ1) is 22.4. The van der Waals surface area contributed by atoms with E-state index in [-0.39, 0.29) is 11.3 Å². The molecule has 0 bridgehead atoms. The van der Waals surface area contributed by atoms with Crippen molar-refractivity contribution >= 4 is 39.0 Å². The fourth-order valence-corrected chi connectivity index (χ4v) is 6.08. The summed E-state index contributed by atoms with van der Waals surface area (Å²) >= 11 is 1.60. The molecule has 33 heavy (non-hydrogen) atoms. The minimum atomic E-state index is 0.119. The topological polar surface area (TPSA) is 39.7 Å². The summed E-state index contributed by atoms with van der Waals surface area (Å²) in [5.74, 6) is 1.30. The summed E-state index contributed by atoms with van der Waals surface area (Å²) in [6.45, 7) is 12.5. The molecule has 5 nitrogen and oxygen atoms in total. The SMILES string of the molecule is CC(=O)N1CCC(C)(C)c2cc(CCCN3CCN(c4nsc5ccccc45)CC3)ccc21. The molecule has 2 aromatic carbocycles. The molecule has 1 amide bonds. The minimum absolute atomic E-state index is 0.119. The summed E-state index contributed by atoms with van der Waals surface area (Å²) in [7, 11) is 0. The fourth-order valence-electron chi connectivity index (χ4n) is 5.28. The van der Waals surface area contributed by atoms with E-state index in [2.05, 4.69) is 66.1 Å². The van der Waals surface area contributed by atoms with Gasteiger partial charge >= 0.3 is 0 Å². The predicted molar refractivity (Wildman–Crippen MR) is 139 cm³/mol. The van der Waals surface area contributed by atoms with E-state index in [0.717, 1.165) is 70.0 Å². The number of aromatic nitrogens is 1. The van der Waals surface area contributed by atoms with Crippen LogP contribution in [0.3, 0.4) is 0 Å². The standard InChI is InChI=1S/C27H34N4OS/c1-20(32)31-14-12-27(2,3)23-19-21(10-11-24(23)31)7-6-13-29-15-17-30(18-16-29)26-22-8-4-5-9-25(22)33-28-26/h4-5,8-11,19H,6-7,12-18H2,1-3H3. The molecular formula is C27H34N4OS. The van der Waals surface area contributed by atoms with Crippen molar-refractivity contribution in [3.63, 3.8) is 0 Å². The van der Waals surface area contributed by atoms with E-state index in [0.29, 0.717) is 0 Å². The molecule has 0 N–H and O–H groups in total. The molecule has 1 saturated heterocycles. The molecule has 0 saturated carbocycles. The van der Waals surface area contributed by atoms with Crippen LogP contribution in [0.2, 0.25) is 0 Å². The number of aryl methyl sites for hydroxylation is 1. The number of hydrogen-bond donors (Lipinski definition) is 0. The number of rotatable bonds is 5. The van der Waals surface area contributed by atoms with Gasteiger partial charge in [0.1, 0.15) is 5.82 Å². The Morgan fingerprint density at radius 2 is 1.85 bits per heavy atom. The van der Waals surface area contributed by atoms with E-state index in [1.807, 2.05) is 4.90 Å². The number of carbonyl (C=O) groups excluding carboxylic acids is 1.